The van der Waals surface area contributed by atoms with Crippen molar-refractivity contribution in [2.75, 3.05) is 37.6 Å². The van der Waals surface area contributed by atoms with Crippen molar-refractivity contribution in [1.82, 2.24) is 14.9 Å². The summed E-state index contributed by atoms with van der Waals surface area (Å²) in [5, 5.41) is 18.2. The number of benzene rings is 1. The summed E-state index contributed by atoms with van der Waals surface area (Å²) in [5.74, 6) is -1.86. The van der Waals surface area contributed by atoms with Crippen LogP contribution in [-0.4, -0.2) is 58.7 Å². The number of aromatic nitrogens is 2. The molecule has 8 nitrogen and oxygen atoms in total. The van der Waals surface area contributed by atoms with Gasteiger partial charge >= 0.3 is 5.97 Å². The molecule has 1 aromatic carbocycles. The number of likely N-dealkylation sites (tertiary alicyclic amines) is 1. The number of carboxylic acid groups (broad SMARTS) is 1. The number of aliphatic carboxylic acids is 1. The molecule has 5 rings (SSSR count). The summed E-state index contributed by atoms with van der Waals surface area (Å²) in [6.07, 6.45) is 2.91. The Morgan fingerprint density at radius 2 is 1.83 bits per heavy atom. The van der Waals surface area contributed by atoms with Crippen LogP contribution in [0.5, 0.6) is 5.75 Å². The topological polar surface area (TPSA) is 103 Å². The Bertz CT molecular complexity index is 1440. The minimum absolute atomic E-state index is 0.0532. The molecule has 0 saturated carbocycles. The van der Waals surface area contributed by atoms with Gasteiger partial charge in [-0.25, -0.2) is 13.8 Å². The van der Waals surface area contributed by atoms with Crippen LogP contribution in [0.1, 0.15) is 48.6 Å². The number of carboxylic acids is 1. The van der Waals surface area contributed by atoms with E-state index >= 15 is 4.39 Å². The molecule has 10 heteroatoms. The van der Waals surface area contributed by atoms with Crippen LogP contribution < -0.4 is 9.64 Å². The average molecular weight is 562 g/mol. The lowest BCUT2D eigenvalue weighted by Gasteiger charge is -2.31. The predicted octanol–water partition coefficient (Wildman–Crippen LogP) is 5.31. The maximum Gasteiger partial charge on any atom is 0.306 e. The number of hydrogen-bond acceptors (Lipinski definition) is 7. The molecule has 3 aromatic rings. The number of hydrogen-bond donors (Lipinski definition) is 1. The maximum absolute atomic E-state index is 15.1. The van der Waals surface area contributed by atoms with Gasteiger partial charge in [-0.1, -0.05) is 12.1 Å². The second-order valence-electron chi connectivity index (χ2n) is 10.7. The number of ether oxygens (including phenoxy) is 1. The van der Waals surface area contributed by atoms with Crippen LogP contribution >= 0.6 is 0 Å². The summed E-state index contributed by atoms with van der Waals surface area (Å²) in [5.41, 5.74) is 3.16. The molecule has 0 unspecified atom stereocenters. The molecule has 0 aliphatic carbocycles. The van der Waals surface area contributed by atoms with Crippen molar-refractivity contribution in [3.63, 3.8) is 0 Å². The first-order valence-corrected chi connectivity index (χ1v) is 13.9. The third-order valence-electron chi connectivity index (χ3n) is 8.08. The van der Waals surface area contributed by atoms with Crippen molar-refractivity contribution in [2.24, 2.45) is 5.92 Å². The van der Waals surface area contributed by atoms with Crippen molar-refractivity contribution >= 4 is 11.8 Å². The number of pyridine rings is 2. The van der Waals surface area contributed by atoms with Gasteiger partial charge in [-0.05, 0) is 70.0 Å². The Morgan fingerprint density at radius 3 is 2.51 bits per heavy atom. The van der Waals surface area contributed by atoms with E-state index in [0.29, 0.717) is 49.9 Å². The Labute approximate surface area is 238 Å². The van der Waals surface area contributed by atoms with Crippen molar-refractivity contribution in [1.29, 1.82) is 5.26 Å². The van der Waals surface area contributed by atoms with Crippen LogP contribution in [0.3, 0.4) is 0 Å². The lowest BCUT2D eigenvalue weighted by Crippen LogP contribution is -2.36. The molecule has 0 spiro atoms. The van der Waals surface area contributed by atoms with Gasteiger partial charge in [-0.2, -0.15) is 5.26 Å². The Kier molecular flexibility index (Phi) is 8.74. The molecule has 0 atom stereocenters. The Morgan fingerprint density at radius 1 is 1.07 bits per heavy atom. The summed E-state index contributed by atoms with van der Waals surface area (Å²) in [6, 6.07) is 13.4. The smallest absolute Gasteiger partial charge is 0.306 e. The zero-order chi connectivity index (χ0) is 28.9. The van der Waals surface area contributed by atoms with Gasteiger partial charge in [0.15, 0.2) is 11.6 Å². The fraction of sp³-hybridized carbons (Fsp3) is 0.419. The van der Waals surface area contributed by atoms with E-state index in [0.717, 1.165) is 48.9 Å². The summed E-state index contributed by atoms with van der Waals surface area (Å²) in [6.45, 7) is 5.21. The highest BCUT2D eigenvalue weighted by Gasteiger charge is 2.26. The molecule has 0 radical (unpaired) electrons. The number of carbonyl (C=O) groups is 1. The average Bonchev–Trinajstić information content (AvgIpc) is 2.97. The van der Waals surface area contributed by atoms with Crippen molar-refractivity contribution in [3.05, 3.63) is 71.1 Å². The van der Waals surface area contributed by atoms with Gasteiger partial charge < -0.3 is 14.7 Å². The molecule has 2 aromatic heterocycles. The van der Waals surface area contributed by atoms with Gasteiger partial charge in [0.05, 0.1) is 24.2 Å². The quantitative estimate of drug-likeness (QED) is 0.369. The van der Waals surface area contributed by atoms with Gasteiger partial charge in [-0.15, -0.1) is 0 Å². The van der Waals surface area contributed by atoms with Crippen molar-refractivity contribution in [3.8, 4) is 23.1 Å². The molecular weight excluding hydrogens is 528 g/mol. The van der Waals surface area contributed by atoms with Crippen LogP contribution in [-0.2, 0) is 11.4 Å². The van der Waals surface area contributed by atoms with E-state index in [-0.39, 0.29) is 23.8 Å². The van der Waals surface area contributed by atoms with Gasteiger partial charge in [0, 0.05) is 47.6 Å². The number of anilines is 1. The van der Waals surface area contributed by atoms with Gasteiger partial charge in [0.1, 0.15) is 18.2 Å². The zero-order valence-electron chi connectivity index (χ0n) is 23.0. The summed E-state index contributed by atoms with van der Waals surface area (Å²) in [4.78, 5) is 24.9. The number of piperidine rings is 2. The van der Waals surface area contributed by atoms with Gasteiger partial charge in [-0.3, -0.25) is 14.7 Å². The van der Waals surface area contributed by atoms with Gasteiger partial charge in [0.2, 0.25) is 0 Å². The van der Waals surface area contributed by atoms with E-state index in [1.54, 1.807) is 12.1 Å². The number of halogens is 2. The summed E-state index contributed by atoms with van der Waals surface area (Å²) < 4.78 is 35.4. The second kappa shape index (κ2) is 12.6. The maximum atomic E-state index is 15.1. The molecule has 4 heterocycles. The van der Waals surface area contributed by atoms with E-state index < -0.39 is 17.6 Å². The number of nitriles is 1. The van der Waals surface area contributed by atoms with Gasteiger partial charge in [0.25, 0.3) is 0 Å². The van der Waals surface area contributed by atoms with Crippen LogP contribution in [0.2, 0.25) is 0 Å². The minimum atomic E-state index is -0.819. The zero-order valence-corrected chi connectivity index (χ0v) is 23.0. The van der Waals surface area contributed by atoms with Crippen LogP contribution in [0, 0.1) is 35.8 Å². The first-order valence-electron chi connectivity index (χ1n) is 13.9. The number of aryl methyl sites for hydroxylation is 1. The largest absolute Gasteiger partial charge is 0.485 e. The molecule has 1 N–H and O–H groups in total. The van der Waals surface area contributed by atoms with Crippen molar-refractivity contribution in [2.45, 2.75) is 45.1 Å². The molecule has 41 heavy (non-hydrogen) atoms. The monoisotopic (exact) mass is 561 g/mol. The summed E-state index contributed by atoms with van der Waals surface area (Å²) >= 11 is 0. The van der Waals surface area contributed by atoms with Crippen LogP contribution in [0.4, 0.5) is 14.6 Å². The molecule has 2 saturated heterocycles. The third-order valence-corrected chi connectivity index (χ3v) is 8.08. The number of nitrogens with zero attached hydrogens (tertiary/aromatic N) is 5. The van der Waals surface area contributed by atoms with Crippen molar-refractivity contribution < 1.29 is 23.4 Å². The Hall–Kier alpha value is -4.10. The van der Waals surface area contributed by atoms with E-state index in [1.807, 2.05) is 30.0 Å². The normalized spacial score (nSPS) is 16.9. The first kappa shape index (κ1) is 28.4. The lowest BCUT2D eigenvalue weighted by atomic mass is 9.92. The van der Waals surface area contributed by atoms with E-state index in [4.69, 9.17) is 15.0 Å². The highest BCUT2D eigenvalue weighted by atomic mass is 19.1. The van der Waals surface area contributed by atoms with E-state index in [2.05, 4.69) is 16.0 Å². The third kappa shape index (κ3) is 6.63. The first-order chi connectivity index (χ1) is 19.8. The Balaban J connectivity index is 1.31. The SMILES string of the molecule is Cc1nc(C2CCN(CC#N)CC2)ccc1COc1c(F)cc(F)cc1-c1cccc(N2CCC(C(=O)O)CC2)n1. The highest BCUT2D eigenvalue weighted by Crippen LogP contribution is 2.35. The highest BCUT2D eigenvalue weighted by molar-refractivity contribution is 5.71. The van der Waals surface area contributed by atoms with Crippen LogP contribution in [0.25, 0.3) is 11.3 Å². The van der Waals surface area contributed by atoms with Crippen LogP contribution in [0.15, 0.2) is 42.5 Å². The molecule has 2 aliphatic heterocycles. The standard InChI is InChI=1S/C31H33F2N5O3/c1-20-23(5-6-27(35-20)21-7-12-37(13-8-21)16-11-34)19-41-30-25(17-24(32)18-26(30)33)28-3-2-4-29(36-28)38-14-9-22(10-15-38)31(39)40/h2-6,17-18,21-22H,7-10,12-16,19H2,1H3,(H,39,40). The fourth-order valence-corrected chi connectivity index (χ4v) is 5.63. The molecule has 2 aliphatic rings. The molecule has 214 valence electrons. The summed E-state index contributed by atoms with van der Waals surface area (Å²) in [7, 11) is 0. The molecule has 2 fully saturated rings. The fourth-order valence-electron chi connectivity index (χ4n) is 5.63. The minimum Gasteiger partial charge on any atom is -0.485 e. The lowest BCUT2D eigenvalue weighted by molar-refractivity contribution is -0.142. The predicted molar refractivity (Wildman–Crippen MR) is 149 cm³/mol. The molecule has 0 amide bonds. The molecule has 0 bridgehead atoms. The van der Waals surface area contributed by atoms with E-state index in [1.165, 1.54) is 6.07 Å². The second-order valence-corrected chi connectivity index (χ2v) is 10.7. The van der Waals surface area contributed by atoms with E-state index in [9.17, 15) is 14.3 Å². The number of rotatable bonds is 8. The molecular formula is C31H33F2N5O3.